The summed E-state index contributed by atoms with van der Waals surface area (Å²) in [7, 11) is -2.50. The first-order valence-electron chi connectivity index (χ1n) is 10.9. The fourth-order valence-electron chi connectivity index (χ4n) is 4.06. The van der Waals surface area contributed by atoms with Crippen molar-refractivity contribution >= 4 is 26.8 Å². The predicted octanol–water partition coefficient (Wildman–Crippen LogP) is 1.33. The molecule has 4 rings (SSSR count). The van der Waals surface area contributed by atoms with E-state index in [9.17, 15) is 27.2 Å². The highest BCUT2D eigenvalue weighted by atomic mass is 32.2. The van der Waals surface area contributed by atoms with Crippen molar-refractivity contribution < 1.29 is 17.6 Å². The van der Waals surface area contributed by atoms with Crippen LogP contribution in [-0.4, -0.2) is 41.4 Å². The maximum atomic E-state index is 13.1. The third-order valence-electron chi connectivity index (χ3n) is 6.02. The van der Waals surface area contributed by atoms with Crippen LogP contribution in [0.4, 0.5) is 4.39 Å². The van der Waals surface area contributed by atoms with Gasteiger partial charge in [-0.3, -0.25) is 18.7 Å². The van der Waals surface area contributed by atoms with E-state index in [1.165, 1.54) is 54.1 Å². The summed E-state index contributed by atoms with van der Waals surface area (Å²) < 4.78 is 43.4. The van der Waals surface area contributed by atoms with Gasteiger partial charge in [-0.15, -0.1) is 0 Å². The summed E-state index contributed by atoms with van der Waals surface area (Å²) in [5, 5.41) is 0.0559. The van der Waals surface area contributed by atoms with Crippen molar-refractivity contribution in [3.8, 4) is 0 Å². The van der Waals surface area contributed by atoms with E-state index >= 15 is 0 Å². The second-order valence-corrected chi connectivity index (χ2v) is 10.0. The van der Waals surface area contributed by atoms with Crippen molar-refractivity contribution in [1.82, 2.24) is 18.8 Å². The van der Waals surface area contributed by atoms with Gasteiger partial charge in [-0.05, 0) is 48.7 Å². The fourth-order valence-corrected chi connectivity index (χ4v) is 5.10. The van der Waals surface area contributed by atoms with Gasteiger partial charge in [-0.1, -0.05) is 12.1 Å². The molecule has 1 aliphatic heterocycles. The van der Waals surface area contributed by atoms with E-state index in [0.29, 0.717) is 18.7 Å². The number of aromatic nitrogens is 2. The summed E-state index contributed by atoms with van der Waals surface area (Å²) >= 11 is 0. The Balaban J connectivity index is 1.62. The molecule has 0 spiro atoms. The molecular weight excluding hydrogens is 463 g/mol. The lowest BCUT2D eigenvalue weighted by Gasteiger charge is -2.16. The van der Waals surface area contributed by atoms with Gasteiger partial charge in [-0.25, -0.2) is 22.3 Å². The Morgan fingerprint density at radius 1 is 1.06 bits per heavy atom. The van der Waals surface area contributed by atoms with Crippen LogP contribution in [-0.2, 0) is 35.0 Å². The molecule has 1 saturated heterocycles. The van der Waals surface area contributed by atoms with Crippen LogP contribution in [0, 0.1) is 5.82 Å². The number of carbonyl (C=O) groups is 1. The Bertz CT molecular complexity index is 1460. The predicted molar refractivity (Wildman–Crippen MR) is 124 cm³/mol. The third kappa shape index (κ3) is 4.80. The molecule has 1 amide bonds. The molecule has 0 bridgehead atoms. The Hall–Kier alpha value is -3.31. The maximum absolute atomic E-state index is 13.1. The van der Waals surface area contributed by atoms with Crippen LogP contribution in [0.15, 0.2) is 56.9 Å². The lowest BCUT2D eigenvalue weighted by atomic mass is 10.2. The van der Waals surface area contributed by atoms with Crippen molar-refractivity contribution in [2.75, 3.05) is 13.1 Å². The number of carbonyl (C=O) groups excluding carboxylic acids is 1. The highest BCUT2D eigenvalue weighted by Crippen LogP contribution is 2.16. The molecule has 9 nitrogen and oxygen atoms in total. The Labute approximate surface area is 195 Å². The van der Waals surface area contributed by atoms with Gasteiger partial charge in [0, 0.05) is 39.6 Å². The summed E-state index contributed by atoms with van der Waals surface area (Å²) in [6.45, 7) is 1.21. The van der Waals surface area contributed by atoms with Crippen LogP contribution in [0.1, 0.15) is 24.8 Å². The van der Waals surface area contributed by atoms with E-state index in [-0.39, 0.29) is 41.2 Å². The number of sulfonamides is 1. The number of nitrogens with one attached hydrogen (secondary N) is 1. The minimum atomic E-state index is -3.99. The maximum Gasteiger partial charge on any atom is 0.331 e. The van der Waals surface area contributed by atoms with E-state index in [1.54, 1.807) is 4.90 Å². The molecule has 1 fully saturated rings. The van der Waals surface area contributed by atoms with Crippen LogP contribution >= 0.6 is 0 Å². The van der Waals surface area contributed by atoms with Gasteiger partial charge in [0.05, 0.1) is 15.8 Å². The van der Waals surface area contributed by atoms with Crippen LogP contribution in [0.5, 0.6) is 0 Å². The second-order valence-electron chi connectivity index (χ2n) is 8.27. The van der Waals surface area contributed by atoms with Crippen molar-refractivity contribution in [2.45, 2.75) is 37.2 Å². The molecule has 1 N–H and O–H groups in total. The van der Waals surface area contributed by atoms with Crippen LogP contribution in [0.25, 0.3) is 10.9 Å². The van der Waals surface area contributed by atoms with Gasteiger partial charge in [0.1, 0.15) is 5.82 Å². The van der Waals surface area contributed by atoms with E-state index in [4.69, 9.17) is 0 Å². The van der Waals surface area contributed by atoms with E-state index < -0.39 is 27.1 Å². The van der Waals surface area contributed by atoms with E-state index in [0.717, 1.165) is 17.4 Å². The number of hydrogen-bond acceptors (Lipinski definition) is 5. The SMILES string of the molecule is Cn1c(=O)n(CCC(=O)N2CCCC2)c(=O)c2cc(S(=O)(=O)NCc3ccc(F)cc3)ccc21. The Morgan fingerprint density at radius 3 is 2.41 bits per heavy atom. The third-order valence-corrected chi connectivity index (χ3v) is 7.42. The molecule has 0 radical (unpaired) electrons. The van der Waals surface area contributed by atoms with Crippen molar-refractivity contribution in [2.24, 2.45) is 7.05 Å². The highest BCUT2D eigenvalue weighted by Gasteiger charge is 2.20. The van der Waals surface area contributed by atoms with E-state index in [2.05, 4.69) is 4.72 Å². The van der Waals surface area contributed by atoms with Gasteiger partial charge in [0.25, 0.3) is 5.56 Å². The minimum absolute atomic E-state index is 0.0118. The summed E-state index contributed by atoms with van der Waals surface area (Å²) in [5.74, 6) is -0.543. The number of likely N-dealkylation sites (tertiary alicyclic amines) is 1. The lowest BCUT2D eigenvalue weighted by Crippen LogP contribution is -2.40. The number of aryl methyl sites for hydroxylation is 1. The average molecular weight is 489 g/mol. The minimum Gasteiger partial charge on any atom is -0.343 e. The summed E-state index contributed by atoms with van der Waals surface area (Å²) in [6, 6.07) is 9.35. The van der Waals surface area contributed by atoms with Gasteiger partial charge in [0.2, 0.25) is 15.9 Å². The largest absolute Gasteiger partial charge is 0.343 e. The van der Waals surface area contributed by atoms with Gasteiger partial charge < -0.3 is 4.90 Å². The molecule has 0 unspecified atom stereocenters. The molecule has 0 saturated carbocycles. The zero-order chi connectivity index (χ0) is 24.5. The first kappa shape index (κ1) is 23.8. The lowest BCUT2D eigenvalue weighted by molar-refractivity contribution is -0.130. The highest BCUT2D eigenvalue weighted by molar-refractivity contribution is 7.89. The molecule has 3 aromatic rings. The van der Waals surface area contributed by atoms with Crippen LogP contribution in [0.2, 0.25) is 0 Å². The number of halogens is 1. The Kier molecular flexibility index (Phi) is 6.67. The smallest absolute Gasteiger partial charge is 0.331 e. The topological polar surface area (TPSA) is 110 Å². The standard InChI is InChI=1S/C23H25FN4O5S/c1-26-20-9-8-18(34(32,33)25-15-16-4-6-17(24)7-5-16)14-19(20)22(30)28(23(26)31)13-10-21(29)27-11-2-3-12-27/h4-9,14,25H,2-3,10-13,15H2,1H3. The van der Waals surface area contributed by atoms with Gasteiger partial charge >= 0.3 is 5.69 Å². The monoisotopic (exact) mass is 488 g/mol. The quantitative estimate of drug-likeness (QED) is 0.540. The zero-order valence-corrected chi connectivity index (χ0v) is 19.5. The molecule has 0 atom stereocenters. The number of hydrogen-bond donors (Lipinski definition) is 1. The number of rotatable bonds is 7. The second kappa shape index (κ2) is 9.51. The average Bonchev–Trinajstić information content (AvgIpc) is 3.37. The molecule has 34 heavy (non-hydrogen) atoms. The van der Waals surface area contributed by atoms with Crippen LogP contribution < -0.4 is 16.0 Å². The van der Waals surface area contributed by atoms with Gasteiger partial charge in [0.15, 0.2) is 0 Å². The first-order chi connectivity index (χ1) is 16.2. The molecule has 1 aromatic heterocycles. The molecule has 0 aliphatic carbocycles. The molecular formula is C23H25FN4O5S. The summed E-state index contributed by atoms with van der Waals surface area (Å²) in [5.41, 5.74) is -0.368. The Morgan fingerprint density at radius 2 is 1.74 bits per heavy atom. The number of benzene rings is 2. The molecule has 2 heterocycles. The molecule has 1 aliphatic rings. The number of fused-ring (bicyclic) bond motifs is 1. The van der Waals surface area contributed by atoms with Crippen LogP contribution in [0.3, 0.4) is 0 Å². The molecule has 11 heteroatoms. The van der Waals surface area contributed by atoms with Gasteiger partial charge in [-0.2, -0.15) is 0 Å². The molecule has 2 aromatic carbocycles. The zero-order valence-electron chi connectivity index (χ0n) is 18.7. The van der Waals surface area contributed by atoms with Crippen molar-refractivity contribution in [1.29, 1.82) is 0 Å². The normalized spacial score (nSPS) is 14.1. The number of amides is 1. The van der Waals surface area contributed by atoms with Crippen molar-refractivity contribution in [3.05, 3.63) is 74.7 Å². The fraction of sp³-hybridized carbons (Fsp3) is 0.348. The molecule has 180 valence electrons. The summed E-state index contributed by atoms with van der Waals surface area (Å²) in [4.78, 5) is 39.8. The summed E-state index contributed by atoms with van der Waals surface area (Å²) in [6.07, 6.45) is 1.89. The first-order valence-corrected chi connectivity index (χ1v) is 12.4. The number of nitrogens with zero attached hydrogens (tertiary/aromatic N) is 3. The van der Waals surface area contributed by atoms with Crippen molar-refractivity contribution in [3.63, 3.8) is 0 Å². The van der Waals surface area contributed by atoms with E-state index in [1.807, 2.05) is 0 Å².